The Morgan fingerprint density at radius 3 is 2.53 bits per heavy atom. The number of rotatable bonds is 6. The summed E-state index contributed by atoms with van der Waals surface area (Å²) in [6.07, 6.45) is 1.86. The van der Waals surface area contributed by atoms with Crippen LogP contribution >= 0.6 is 11.6 Å². The molecule has 4 nitrogen and oxygen atoms in total. The highest BCUT2D eigenvalue weighted by molar-refractivity contribution is 6.30. The first-order chi connectivity index (χ1) is 9.04. The zero-order valence-electron chi connectivity index (χ0n) is 10.9. The van der Waals surface area contributed by atoms with Crippen molar-refractivity contribution >= 4 is 29.1 Å². The molecule has 0 aromatic heterocycles. The second kappa shape index (κ2) is 7.59. The molecule has 0 aliphatic heterocycles. The van der Waals surface area contributed by atoms with Crippen molar-refractivity contribution in [3.8, 4) is 0 Å². The molecule has 2 amide bonds. The van der Waals surface area contributed by atoms with E-state index in [1.807, 2.05) is 0 Å². The van der Waals surface area contributed by atoms with E-state index < -0.39 is 0 Å². The van der Waals surface area contributed by atoms with Crippen LogP contribution in [0, 0.1) is 0 Å². The number of nitrogens with one attached hydrogen (secondary N) is 1. The average molecular weight is 281 g/mol. The van der Waals surface area contributed by atoms with E-state index in [0.717, 1.165) is 5.69 Å². The van der Waals surface area contributed by atoms with E-state index in [4.69, 9.17) is 11.6 Å². The number of amides is 2. The van der Waals surface area contributed by atoms with Crippen molar-refractivity contribution in [3.63, 3.8) is 0 Å². The van der Waals surface area contributed by atoms with Crippen molar-refractivity contribution in [1.82, 2.24) is 5.32 Å². The average Bonchev–Trinajstić information content (AvgIpc) is 2.38. The van der Waals surface area contributed by atoms with Crippen LogP contribution in [0.15, 0.2) is 36.9 Å². The van der Waals surface area contributed by atoms with E-state index in [-0.39, 0.29) is 18.2 Å². The van der Waals surface area contributed by atoms with Gasteiger partial charge in [0.25, 0.3) is 0 Å². The molecule has 5 heteroatoms. The molecule has 0 saturated carbocycles. The number of hydrogen-bond donors (Lipinski definition) is 1. The Kier molecular flexibility index (Phi) is 6.09. The Balaban J connectivity index is 2.63. The number of carbonyl (C=O) groups excluding carboxylic acids is 2. The molecule has 0 spiro atoms. The van der Waals surface area contributed by atoms with Crippen LogP contribution in [0.25, 0.3) is 0 Å². The van der Waals surface area contributed by atoms with Crippen molar-refractivity contribution < 1.29 is 9.59 Å². The predicted octanol–water partition coefficient (Wildman–Crippen LogP) is 2.39. The van der Waals surface area contributed by atoms with Crippen molar-refractivity contribution in [3.05, 3.63) is 41.9 Å². The second-order valence-corrected chi connectivity index (χ2v) is 4.43. The molecule has 0 unspecified atom stereocenters. The van der Waals surface area contributed by atoms with E-state index in [9.17, 15) is 9.59 Å². The minimum atomic E-state index is -0.112. The van der Waals surface area contributed by atoms with E-state index in [1.165, 1.54) is 6.92 Å². The normalized spacial score (nSPS) is 9.79. The van der Waals surface area contributed by atoms with Crippen molar-refractivity contribution in [2.45, 2.75) is 13.3 Å². The van der Waals surface area contributed by atoms with Crippen LogP contribution in [0.3, 0.4) is 0 Å². The Labute approximate surface area is 118 Å². The molecule has 19 heavy (non-hydrogen) atoms. The number of hydrogen-bond acceptors (Lipinski definition) is 2. The monoisotopic (exact) mass is 280 g/mol. The summed E-state index contributed by atoms with van der Waals surface area (Å²) in [5.41, 5.74) is 0.730. The molecule has 1 N–H and O–H groups in total. The lowest BCUT2D eigenvalue weighted by Gasteiger charge is -2.21. The first-order valence-electron chi connectivity index (χ1n) is 5.96. The van der Waals surface area contributed by atoms with Gasteiger partial charge in [-0.15, -0.1) is 6.58 Å². The summed E-state index contributed by atoms with van der Waals surface area (Å²) >= 11 is 5.80. The van der Waals surface area contributed by atoms with Crippen LogP contribution in [0.5, 0.6) is 0 Å². The Morgan fingerprint density at radius 1 is 1.37 bits per heavy atom. The summed E-state index contributed by atoms with van der Waals surface area (Å²) in [4.78, 5) is 24.6. The third-order valence-electron chi connectivity index (χ3n) is 2.52. The van der Waals surface area contributed by atoms with Gasteiger partial charge in [-0.3, -0.25) is 9.59 Å². The minimum Gasteiger partial charge on any atom is -0.353 e. The fourth-order valence-corrected chi connectivity index (χ4v) is 1.70. The number of benzene rings is 1. The summed E-state index contributed by atoms with van der Waals surface area (Å²) < 4.78 is 0. The maximum absolute atomic E-state index is 11.6. The van der Waals surface area contributed by atoms with Gasteiger partial charge in [-0.05, 0) is 24.3 Å². The van der Waals surface area contributed by atoms with Crippen LogP contribution < -0.4 is 10.2 Å². The van der Waals surface area contributed by atoms with E-state index in [2.05, 4.69) is 11.9 Å². The van der Waals surface area contributed by atoms with Gasteiger partial charge < -0.3 is 10.2 Å². The molecule has 1 rings (SSSR count). The lowest BCUT2D eigenvalue weighted by atomic mass is 10.2. The molecule has 0 saturated heterocycles. The van der Waals surface area contributed by atoms with Gasteiger partial charge in [-0.2, -0.15) is 0 Å². The topological polar surface area (TPSA) is 49.4 Å². The summed E-state index contributed by atoms with van der Waals surface area (Å²) in [6.45, 7) is 5.75. The Morgan fingerprint density at radius 2 is 2.00 bits per heavy atom. The Bertz CT molecular complexity index is 457. The molecule has 102 valence electrons. The lowest BCUT2D eigenvalue weighted by molar-refractivity contribution is -0.120. The molecule has 0 heterocycles. The smallest absolute Gasteiger partial charge is 0.223 e. The largest absolute Gasteiger partial charge is 0.353 e. The minimum absolute atomic E-state index is 0.111. The number of nitrogens with zero attached hydrogens (tertiary/aromatic N) is 1. The first-order valence-corrected chi connectivity index (χ1v) is 6.33. The van der Waals surface area contributed by atoms with Crippen LogP contribution in [-0.4, -0.2) is 24.9 Å². The standard InChI is InChI=1S/C14H17ClN2O2/c1-3-9-16-14(19)8-10-17(11(2)18)13-6-4-12(15)5-7-13/h3-7H,1,8-10H2,2H3,(H,16,19). The van der Waals surface area contributed by atoms with Crippen molar-refractivity contribution in [2.75, 3.05) is 18.0 Å². The van der Waals surface area contributed by atoms with Gasteiger partial charge in [0.05, 0.1) is 0 Å². The molecule has 0 aliphatic rings. The molecule has 0 fully saturated rings. The third kappa shape index (κ3) is 5.14. The van der Waals surface area contributed by atoms with Crippen molar-refractivity contribution in [2.24, 2.45) is 0 Å². The summed E-state index contributed by atoms with van der Waals surface area (Å²) in [5, 5.41) is 3.28. The van der Waals surface area contributed by atoms with Gasteiger partial charge in [0.1, 0.15) is 0 Å². The molecular weight excluding hydrogens is 264 g/mol. The second-order valence-electron chi connectivity index (χ2n) is 3.99. The molecule has 0 radical (unpaired) electrons. The Hall–Kier alpha value is -1.81. The first kappa shape index (κ1) is 15.2. The van der Waals surface area contributed by atoms with Crippen molar-refractivity contribution in [1.29, 1.82) is 0 Å². The van der Waals surface area contributed by atoms with Gasteiger partial charge in [-0.1, -0.05) is 17.7 Å². The van der Waals surface area contributed by atoms with Crippen LogP contribution in [0.4, 0.5) is 5.69 Å². The van der Waals surface area contributed by atoms with Crippen LogP contribution in [0.2, 0.25) is 5.02 Å². The van der Waals surface area contributed by atoms with Gasteiger partial charge in [0, 0.05) is 37.1 Å². The molecule has 0 atom stereocenters. The fraction of sp³-hybridized carbons (Fsp3) is 0.286. The highest BCUT2D eigenvalue weighted by Crippen LogP contribution is 2.18. The van der Waals surface area contributed by atoms with Crippen LogP contribution in [-0.2, 0) is 9.59 Å². The van der Waals surface area contributed by atoms with E-state index >= 15 is 0 Å². The zero-order valence-corrected chi connectivity index (χ0v) is 11.6. The molecule has 0 bridgehead atoms. The maximum atomic E-state index is 11.6. The summed E-state index contributed by atoms with van der Waals surface area (Å²) in [5.74, 6) is -0.223. The van der Waals surface area contributed by atoms with Gasteiger partial charge in [0.2, 0.25) is 11.8 Å². The number of anilines is 1. The van der Waals surface area contributed by atoms with E-state index in [0.29, 0.717) is 18.1 Å². The number of carbonyl (C=O) groups is 2. The maximum Gasteiger partial charge on any atom is 0.223 e. The molecule has 1 aromatic rings. The molecular formula is C14H17ClN2O2. The highest BCUT2D eigenvalue weighted by atomic mass is 35.5. The third-order valence-corrected chi connectivity index (χ3v) is 2.78. The number of halogens is 1. The van der Waals surface area contributed by atoms with E-state index in [1.54, 1.807) is 35.2 Å². The summed E-state index contributed by atoms with van der Waals surface area (Å²) in [6, 6.07) is 6.94. The molecule has 0 aliphatic carbocycles. The fourth-order valence-electron chi connectivity index (χ4n) is 1.58. The van der Waals surface area contributed by atoms with Crippen LogP contribution in [0.1, 0.15) is 13.3 Å². The van der Waals surface area contributed by atoms with Gasteiger partial charge in [-0.25, -0.2) is 0 Å². The predicted molar refractivity (Wildman–Crippen MR) is 77.3 cm³/mol. The SMILES string of the molecule is C=CCNC(=O)CCN(C(C)=O)c1ccc(Cl)cc1. The van der Waals surface area contributed by atoms with Gasteiger partial charge >= 0.3 is 0 Å². The van der Waals surface area contributed by atoms with Gasteiger partial charge in [0.15, 0.2) is 0 Å². The zero-order chi connectivity index (χ0) is 14.3. The molecule has 1 aromatic carbocycles. The lowest BCUT2D eigenvalue weighted by Crippen LogP contribution is -2.33. The highest BCUT2D eigenvalue weighted by Gasteiger charge is 2.12. The quantitative estimate of drug-likeness (QED) is 0.814. The summed E-state index contributed by atoms with van der Waals surface area (Å²) in [7, 11) is 0.